The highest BCUT2D eigenvalue weighted by Gasteiger charge is 2.27. The van der Waals surface area contributed by atoms with Crippen molar-refractivity contribution >= 4 is 27.3 Å². The quantitative estimate of drug-likeness (QED) is 0.508. The maximum absolute atomic E-state index is 12.8. The van der Waals surface area contributed by atoms with E-state index in [1.807, 2.05) is 6.07 Å². The van der Waals surface area contributed by atoms with Crippen LogP contribution in [0.1, 0.15) is 28.4 Å². The van der Waals surface area contributed by atoms with E-state index in [1.165, 1.54) is 24.6 Å². The van der Waals surface area contributed by atoms with E-state index in [1.54, 1.807) is 19.1 Å². The van der Waals surface area contributed by atoms with Crippen molar-refractivity contribution in [2.45, 2.75) is 19.9 Å². The molecule has 0 fully saturated rings. The second kappa shape index (κ2) is 8.90. The van der Waals surface area contributed by atoms with Crippen molar-refractivity contribution in [2.24, 2.45) is 0 Å². The fourth-order valence-electron chi connectivity index (χ4n) is 3.43. The summed E-state index contributed by atoms with van der Waals surface area (Å²) in [6, 6.07) is 7.59. The number of benzene rings is 2. The molecular weight excluding hydrogens is 426 g/mol. The SMILES string of the molecule is CCS(=O)(=O)N1CCc2ccc(NC(=O)c3cc(OC)c(OC)cc3[N+](=O)[O-])cc2C1. The Morgan fingerprint density at radius 3 is 2.45 bits per heavy atom. The lowest BCUT2D eigenvalue weighted by Crippen LogP contribution is -2.36. The van der Waals surface area contributed by atoms with Crippen LogP contribution >= 0.6 is 0 Å². The number of nitro benzene ring substituents is 1. The van der Waals surface area contributed by atoms with Crippen LogP contribution in [0.4, 0.5) is 11.4 Å². The number of nitro groups is 1. The van der Waals surface area contributed by atoms with Crippen LogP contribution in [-0.4, -0.2) is 50.1 Å². The molecule has 1 heterocycles. The van der Waals surface area contributed by atoms with E-state index in [9.17, 15) is 23.3 Å². The number of sulfonamides is 1. The number of nitrogens with zero attached hydrogens (tertiary/aromatic N) is 2. The van der Waals surface area contributed by atoms with Gasteiger partial charge in [-0.05, 0) is 36.6 Å². The average Bonchev–Trinajstić information content (AvgIpc) is 2.77. The Bertz CT molecular complexity index is 1130. The van der Waals surface area contributed by atoms with Crippen molar-refractivity contribution in [2.75, 3.05) is 31.8 Å². The topological polar surface area (TPSA) is 128 Å². The molecule has 1 aliphatic heterocycles. The molecule has 1 aliphatic rings. The molecule has 11 heteroatoms. The summed E-state index contributed by atoms with van der Waals surface area (Å²) in [4.78, 5) is 23.6. The Balaban J connectivity index is 1.90. The van der Waals surface area contributed by atoms with Crippen molar-refractivity contribution < 1.29 is 27.6 Å². The molecule has 0 saturated heterocycles. The third-order valence-corrected chi connectivity index (χ3v) is 6.97. The molecule has 0 radical (unpaired) electrons. The van der Waals surface area contributed by atoms with E-state index in [-0.39, 0.29) is 29.4 Å². The zero-order valence-electron chi connectivity index (χ0n) is 17.4. The molecule has 10 nitrogen and oxygen atoms in total. The molecule has 1 amide bonds. The zero-order chi connectivity index (χ0) is 22.8. The predicted molar refractivity (Wildman–Crippen MR) is 114 cm³/mol. The number of methoxy groups -OCH3 is 2. The highest BCUT2D eigenvalue weighted by atomic mass is 32.2. The van der Waals surface area contributed by atoms with Gasteiger partial charge in [-0.15, -0.1) is 0 Å². The van der Waals surface area contributed by atoms with E-state index >= 15 is 0 Å². The van der Waals surface area contributed by atoms with Crippen molar-refractivity contribution in [1.29, 1.82) is 0 Å². The van der Waals surface area contributed by atoms with Gasteiger partial charge < -0.3 is 14.8 Å². The molecule has 1 N–H and O–H groups in total. The van der Waals surface area contributed by atoms with Gasteiger partial charge in [-0.2, -0.15) is 4.31 Å². The molecule has 2 aromatic carbocycles. The van der Waals surface area contributed by atoms with Crippen LogP contribution < -0.4 is 14.8 Å². The number of anilines is 1. The van der Waals surface area contributed by atoms with E-state index in [4.69, 9.17) is 9.47 Å². The van der Waals surface area contributed by atoms with Crippen LogP contribution in [-0.2, 0) is 23.0 Å². The van der Waals surface area contributed by atoms with Gasteiger partial charge in [-0.1, -0.05) is 6.07 Å². The molecule has 3 rings (SSSR count). The fourth-order valence-corrected chi connectivity index (χ4v) is 4.50. The van der Waals surface area contributed by atoms with Crippen LogP contribution in [0.15, 0.2) is 30.3 Å². The Morgan fingerprint density at radius 1 is 1.16 bits per heavy atom. The first kappa shape index (κ1) is 22.5. The van der Waals surface area contributed by atoms with Gasteiger partial charge in [0.05, 0.1) is 31.0 Å². The third kappa shape index (κ3) is 4.62. The summed E-state index contributed by atoms with van der Waals surface area (Å²) in [5.41, 5.74) is 1.58. The monoisotopic (exact) mass is 449 g/mol. The summed E-state index contributed by atoms with van der Waals surface area (Å²) < 4.78 is 36.0. The number of hydrogen-bond acceptors (Lipinski definition) is 7. The number of rotatable bonds is 7. The molecular formula is C20H23N3O7S. The number of hydrogen-bond donors (Lipinski definition) is 1. The molecule has 0 bridgehead atoms. The van der Waals surface area contributed by atoms with Gasteiger partial charge in [0.1, 0.15) is 5.56 Å². The van der Waals surface area contributed by atoms with Crippen LogP contribution in [0.2, 0.25) is 0 Å². The number of nitrogens with one attached hydrogen (secondary N) is 1. The van der Waals surface area contributed by atoms with Crippen molar-refractivity contribution in [3.63, 3.8) is 0 Å². The predicted octanol–water partition coefficient (Wildman–Crippen LogP) is 2.57. The number of fused-ring (bicyclic) bond motifs is 1. The van der Waals surface area contributed by atoms with Gasteiger partial charge >= 0.3 is 0 Å². The molecule has 2 aromatic rings. The summed E-state index contributed by atoms with van der Waals surface area (Å²) in [5.74, 6) is -0.357. The molecule has 0 atom stereocenters. The summed E-state index contributed by atoms with van der Waals surface area (Å²) in [5, 5.41) is 14.1. The van der Waals surface area contributed by atoms with Gasteiger partial charge in [0, 0.05) is 24.8 Å². The lowest BCUT2D eigenvalue weighted by Gasteiger charge is -2.28. The van der Waals surface area contributed by atoms with E-state index < -0.39 is 26.5 Å². The van der Waals surface area contributed by atoms with Gasteiger partial charge in [0.25, 0.3) is 11.6 Å². The summed E-state index contributed by atoms with van der Waals surface area (Å²) >= 11 is 0. The van der Waals surface area contributed by atoms with Gasteiger partial charge in [-0.25, -0.2) is 8.42 Å². The Morgan fingerprint density at radius 2 is 1.84 bits per heavy atom. The normalized spacial score (nSPS) is 13.9. The first-order valence-electron chi connectivity index (χ1n) is 9.51. The second-order valence-corrected chi connectivity index (χ2v) is 9.16. The molecule has 0 aromatic heterocycles. The largest absolute Gasteiger partial charge is 0.493 e. The zero-order valence-corrected chi connectivity index (χ0v) is 18.2. The molecule has 166 valence electrons. The number of ether oxygens (including phenoxy) is 2. The van der Waals surface area contributed by atoms with Crippen molar-refractivity contribution in [1.82, 2.24) is 4.31 Å². The average molecular weight is 449 g/mol. The van der Waals surface area contributed by atoms with Crippen LogP contribution in [0.5, 0.6) is 11.5 Å². The van der Waals surface area contributed by atoms with Gasteiger partial charge in [0.2, 0.25) is 10.0 Å². The second-order valence-electron chi connectivity index (χ2n) is 6.90. The first-order chi connectivity index (χ1) is 14.7. The first-order valence-corrected chi connectivity index (χ1v) is 11.1. The van der Waals surface area contributed by atoms with Crippen LogP contribution in [0.3, 0.4) is 0 Å². The smallest absolute Gasteiger partial charge is 0.286 e. The summed E-state index contributed by atoms with van der Waals surface area (Å²) in [7, 11) is -0.617. The molecule has 0 spiro atoms. The highest BCUT2D eigenvalue weighted by Crippen LogP contribution is 2.35. The summed E-state index contributed by atoms with van der Waals surface area (Å²) in [6.07, 6.45) is 0.573. The minimum Gasteiger partial charge on any atom is -0.493 e. The summed E-state index contributed by atoms with van der Waals surface area (Å²) in [6.45, 7) is 2.22. The molecule has 0 unspecified atom stereocenters. The standard InChI is InChI=1S/C20H23N3O7S/c1-4-31(27,28)22-8-7-13-5-6-15(9-14(13)12-22)21-20(24)16-10-18(29-2)19(30-3)11-17(16)23(25)26/h5-6,9-11H,4,7-8,12H2,1-3H3,(H,21,24). The van der Waals surface area contributed by atoms with E-state index in [2.05, 4.69) is 5.32 Å². The van der Waals surface area contributed by atoms with Gasteiger partial charge in [0.15, 0.2) is 11.5 Å². The van der Waals surface area contributed by atoms with E-state index in [0.29, 0.717) is 18.7 Å². The van der Waals surface area contributed by atoms with Gasteiger partial charge in [-0.3, -0.25) is 14.9 Å². The highest BCUT2D eigenvalue weighted by molar-refractivity contribution is 7.89. The lowest BCUT2D eigenvalue weighted by molar-refractivity contribution is -0.385. The molecule has 0 aliphatic carbocycles. The van der Waals surface area contributed by atoms with E-state index in [0.717, 1.165) is 17.2 Å². The number of amides is 1. The minimum absolute atomic E-state index is 0.0156. The Labute approximate surface area is 180 Å². The molecule has 0 saturated carbocycles. The van der Waals surface area contributed by atoms with Crippen LogP contribution in [0, 0.1) is 10.1 Å². The third-order valence-electron chi connectivity index (χ3n) is 5.14. The lowest BCUT2D eigenvalue weighted by atomic mass is 10.0. The number of carbonyl (C=O) groups excluding carboxylic acids is 1. The van der Waals surface area contributed by atoms with Crippen molar-refractivity contribution in [3.8, 4) is 11.5 Å². The Hall–Kier alpha value is -3.18. The van der Waals surface area contributed by atoms with Crippen LogP contribution in [0.25, 0.3) is 0 Å². The molecule has 31 heavy (non-hydrogen) atoms. The Kier molecular flexibility index (Phi) is 6.46. The number of carbonyl (C=O) groups is 1. The minimum atomic E-state index is -3.33. The fraction of sp³-hybridized carbons (Fsp3) is 0.350. The maximum Gasteiger partial charge on any atom is 0.286 e. The maximum atomic E-state index is 12.8. The van der Waals surface area contributed by atoms with Crippen molar-refractivity contribution in [3.05, 3.63) is 57.1 Å².